The van der Waals surface area contributed by atoms with Crippen LogP contribution in [0, 0.1) is 12.8 Å². The van der Waals surface area contributed by atoms with E-state index in [9.17, 15) is 9.90 Å². The first-order valence-electron chi connectivity index (χ1n) is 10.9. The molecule has 0 spiro atoms. The smallest absolute Gasteiger partial charge is 0.246 e. The Morgan fingerprint density at radius 2 is 2.03 bits per heavy atom. The average molecular weight is 427 g/mol. The number of nitrogens with zero attached hydrogens (tertiary/aromatic N) is 2. The molecule has 6 heteroatoms. The molecule has 1 aromatic heterocycles. The van der Waals surface area contributed by atoms with Gasteiger partial charge in [0.05, 0.1) is 16.8 Å². The first-order chi connectivity index (χ1) is 14.6. The third kappa shape index (κ3) is 5.29. The van der Waals surface area contributed by atoms with Crippen LogP contribution in [0.25, 0.3) is 6.08 Å². The van der Waals surface area contributed by atoms with E-state index in [1.165, 1.54) is 32.1 Å². The van der Waals surface area contributed by atoms with Crippen LogP contribution in [0.2, 0.25) is 0 Å². The Morgan fingerprint density at radius 3 is 2.73 bits per heavy atom. The van der Waals surface area contributed by atoms with Crippen LogP contribution in [0.15, 0.2) is 35.7 Å². The molecule has 2 aliphatic rings. The highest BCUT2D eigenvalue weighted by Gasteiger charge is 2.38. The van der Waals surface area contributed by atoms with Crippen LogP contribution >= 0.6 is 11.3 Å². The summed E-state index contributed by atoms with van der Waals surface area (Å²) in [6.45, 7) is 2.89. The lowest BCUT2D eigenvalue weighted by Gasteiger charge is -2.33. The van der Waals surface area contributed by atoms with Gasteiger partial charge in [0.1, 0.15) is 12.4 Å². The number of amides is 1. The molecule has 2 aromatic rings. The highest BCUT2D eigenvalue weighted by atomic mass is 32.1. The quantitative estimate of drug-likeness (QED) is 0.687. The van der Waals surface area contributed by atoms with Crippen molar-refractivity contribution in [3.05, 3.63) is 52.0 Å². The number of hydrogen-bond donors (Lipinski definition) is 1. The summed E-state index contributed by atoms with van der Waals surface area (Å²) in [5.41, 5.74) is 1.89. The fraction of sp³-hybridized carbons (Fsp3) is 0.500. The standard InChI is InChI=1S/C24H30N2O3S/c1-17-25-20(16-30-17)15-29-22-10-7-18(8-11-22)9-12-24(28)26-14-21(27)13-23(26)19-5-3-2-4-6-19/h7-12,16,19,21,23,27H,2-6,13-15H2,1H3. The minimum absolute atomic E-state index is 0.00125. The van der Waals surface area contributed by atoms with Crippen molar-refractivity contribution in [2.45, 2.75) is 64.2 Å². The van der Waals surface area contributed by atoms with Gasteiger partial charge >= 0.3 is 0 Å². The molecule has 1 saturated heterocycles. The number of benzene rings is 1. The van der Waals surface area contributed by atoms with Gasteiger partial charge in [-0.25, -0.2) is 4.98 Å². The molecule has 1 aliphatic heterocycles. The largest absolute Gasteiger partial charge is 0.487 e. The Morgan fingerprint density at radius 1 is 1.27 bits per heavy atom. The summed E-state index contributed by atoms with van der Waals surface area (Å²) in [5.74, 6) is 1.32. The van der Waals surface area contributed by atoms with Crippen molar-refractivity contribution >= 4 is 23.3 Å². The summed E-state index contributed by atoms with van der Waals surface area (Å²) in [6, 6.07) is 7.90. The Bertz CT molecular complexity index is 871. The number of carbonyl (C=O) groups is 1. The monoisotopic (exact) mass is 426 g/mol. The number of β-amino-alcohol motifs (C(OH)–C–C–N with tert-alkyl or cyclic N) is 1. The molecule has 4 rings (SSSR count). The van der Waals surface area contributed by atoms with E-state index in [1.807, 2.05) is 47.5 Å². The van der Waals surface area contributed by atoms with Crippen LogP contribution in [-0.4, -0.2) is 39.6 Å². The second-order valence-corrected chi connectivity index (χ2v) is 9.46. The Balaban J connectivity index is 1.33. The molecule has 2 heterocycles. The minimum atomic E-state index is -0.396. The molecule has 1 saturated carbocycles. The number of aryl methyl sites for hydroxylation is 1. The molecule has 1 aromatic carbocycles. The SMILES string of the molecule is Cc1nc(COc2ccc(C=CC(=O)N3CC(O)CC3C3CCCCC3)cc2)cs1. The predicted octanol–water partition coefficient (Wildman–Crippen LogP) is 4.59. The highest BCUT2D eigenvalue weighted by Crippen LogP contribution is 2.34. The normalized spacial score (nSPS) is 22.7. The molecular formula is C24H30N2O3S. The maximum Gasteiger partial charge on any atom is 0.246 e. The molecule has 1 amide bonds. The number of likely N-dealkylation sites (tertiary alicyclic amines) is 1. The maximum absolute atomic E-state index is 12.8. The van der Waals surface area contributed by atoms with Crippen LogP contribution in [0.4, 0.5) is 0 Å². The van der Waals surface area contributed by atoms with Crippen LogP contribution in [-0.2, 0) is 11.4 Å². The van der Waals surface area contributed by atoms with Gasteiger partial charge in [-0.05, 0) is 55.9 Å². The van der Waals surface area contributed by atoms with Crippen LogP contribution in [0.1, 0.15) is 54.8 Å². The molecule has 0 bridgehead atoms. The second-order valence-electron chi connectivity index (χ2n) is 8.39. The third-order valence-electron chi connectivity index (χ3n) is 6.15. The van der Waals surface area contributed by atoms with Gasteiger partial charge in [-0.1, -0.05) is 31.4 Å². The zero-order valence-electron chi connectivity index (χ0n) is 17.5. The highest BCUT2D eigenvalue weighted by molar-refractivity contribution is 7.09. The Kier molecular flexibility index (Phi) is 6.85. The van der Waals surface area contributed by atoms with Crippen molar-refractivity contribution in [3.63, 3.8) is 0 Å². The zero-order valence-corrected chi connectivity index (χ0v) is 18.3. The summed E-state index contributed by atoms with van der Waals surface area (Å²) >= 11 is 1.62. The number of rotatable bonds is 6. The van der Waals surface area contributed by atoms with Gasteiger partial charge in [0.2, 0.25) is 5.91 Å². The summed E-state index contributed by atoms with van der Waals surface area (Å²) < 4.78 is 5.78. The topological polar surface area (TPSA) is 62.7 Å². The van der Waals surface area contributed by atoms with Crippen molar-refractivity contribution in [2.24, 2.45) is 5.92 Å². The van der Waals surface area contributed by atoms with Crippen molar-refractivity contribution in [2.75, 3.05) is 6.54 Å². The van der Waals surface area contributed by atoms with Crippen LogP contribution in [0.3, 0.4) is 0 Å². The van der Waals surface area contributed by atoms with Crippen molar-refractivity contribution < 1.29 is 14.6 Å². The lowest BCUT2D eigenvalue weighted by atomic mass is 9.82. The van der Waals surface area contributed by atoms with Crippen molar-refractivity contribution in [1.29, 1.82) is 0 Å². The van der Waals surface area contributed by atoms with E-state index in [0.29, 0.717) is 19.1 Å². The molecule has 2 unspecified atom stereocenters. The van der Waals surface area contributed by atoms with E-state index in [4.69, 9.17) is 4.74 Å². The Hall–Kier alpha value is -2.18. The minimum Gasteiger partial charge on any atom is -0.487 e. The molecule has 1 aliphatic carbocycles. The second kappa shape index (κ2) is 9.75. The number of carbonyl (C=O) groups excluding carboxylic acids is 1. The van der Waals surface area contributed by atoms with E-state index in [0.717, 1.165) is 28.4 Å². The first-order valence-corrected chi connectivity index (χ1v) is 11.8. The predicted molar refractivity (Wildman–Crippen MR) is 119 cm³/mol. The van der Waals surface area contributed by atoms with Crippen LogP contribution in [0.5, 0.6) is 5.75 Å². The summed E-state index contributed by atoms with van der Waals surface area (Å²) in [6.07, 6.45) is 9.93. The van der Waals surface area contributed by atoms with Crippen LogP contribution < -0.4 is 4.74 Å². The molecule has 2 atom stereocenters. The number of hydrogen-bond acceptors (Lipinski definition) is 5. The van der Waals surface area contributed by atoms with Gasteiger partial charge in [0.15, 0.2) is 0 Å². The molecule has 1 N–H and O–H groups in total. The molecule has 30 heavy (non-hydrogen) atoms. The lowest BCUT2D eigenvalue weighted by molar-refractivity contribution is -0.128. The maximum atomic E-state index is 12.8. The van der Waals surface area contributed by atoms with E-state index in [1.54, 1.807) is 17.4 Å². The average Bonchev–Trinajstić information content (AvgIpc) is 3.37. The summed E-state index contributed by atoms with van der Waals surface area (Å²) in [7, 11) is 0. The third-order valence-corrected chi connectivity index (χ3v) is 6.97. The number of ether oxygens (including phenoxy) is 1. The molecule has 5 nitrogen and oxygen atoms in total. The zero-order chi connectivity index (χ0) is 20.9. The molecule has 160 valence electrons. The summed E-state index contributed by atoms with van der Waals surface area (Å²) in [5, 5.41) is 13.2. The van der Waals surface area contributed by atoms with E-state index < -0.39 is 6.10 Å². The van der Waals surface area contributed by atoms with E-state index in [2.05, 4.69) is 4.98 Å². The number of thiazole rings is 1. The van der Waals surface area contributed by atoms with Gasteiger partial charge in [0, 0.05) is 24.0 Å². The van der Waals surface area contributed by atoms with E-state index >= 15 is 0 Å². The van der Waals surface area contributed by atoms with Gasteiger partial charge in [-0.3, -0.25) is 4.79 Å². The fourth-order valence-electron chi connectivity index (χ4n) is 4.63. The van der Waals surface area contributed by atoms with Gasteiger partial charge in [0.25, 0.3) is 0 Å². The van der Waals surface area contributed by atoms with Crippen molar-refractivity contribution in [1.82, 2.24) is 9.88 Å². The number of aromatic nitrogens is 1. The fourth-order valence-corrected chi connectivity index (χ4v) is 5.23. The molecular weight excluding hydrogens is 396 g/mol. The molecule has 2 fully saturated rings. The van der Waals surface area contributed by atoms with E-state index in [-0.39, 0.29) is 11.9 Å². The Labute approximate surface area is 182 Å². The van der Waals surface area contributed by atoms with Gasteiger partial charge in [-0.15, -0.1) is 11.3 Å². The molecule has 0 radical (unpaired) electrons. The van der Waals surface area contributed by atoms with Crippen molar-refractivity contribution in [3.8, 4) is 5.75 Å². The number of aliphatic hydroxyl groups is 1. The van der Waals surface area contributed by atoms with Gasteiger partial charge < -0.3 is 14.7 Å². The number of aliphatic hydroxyl groups excluding tert-OH is 1. The lowest BCUT2D eigenvalue weighted by Crippen LogP contribution is -2.40. The van der Waals surface area contributed by atoms with Gasteiger partial charge in [-0.2, -0.15) is 0 Å². The summed E-state index contributed by atoms with van der Waals surface area (Å²) in [4.78, 5) is 19.1. The first kappa shape index (κ1) is 21.1.